The second kappa shape index (κ2) is 10.5. The summed E-state index contributed by atoms with van der Waals surface area (Å²) in [5, 5.41) is 14.6. The van der Waals surface area contributed by atoms with E-state index in [9.17, 15) is 31.6 Å². The van der Waals surface area contributed by atoms with E-state index in [-0.39, 0.29) is 40.1 Å². The number of sulfone groups is 1. The van der Waals surface area contributed by atoms with Crippen LogP contribution in [-0.2, 0) is 32.6 Å². The summed E-state index contributed by atoms with van der Waals surface area (Å²) in [4.78, 5) is 20.7. The number of benzene rings is 1. The van der Waals surface area contributed by atoms with E-state index < -0.39 is 55.9 Å². The van der Waals surface area contributed by atoms with Crippen LogP contribution in [0.3, 0.4) is 0 Å². The van der Waals surface area contributed by atoms with Gasteiger partial charge in [-0.15, -0.1) is 0 Å². The maximum Gasteiger partial charge on any atom is 0.471 e. The molecule has 3 N–H and O–H groups in total. The van der Waals surface area contributed by atoms with Crippen molar-refractivity contribution in [1.29, 1.82) is 5.26 Å². The average molecular weight is 615 g/mol. The Hall–Kier alpha value is -4.68. The number of hydrogen-bond donors (Lipinski definition) is 2. The molecule has 0 bridgehead atoms. The molecule has 2 aromatic heterocycles. The van der Waals surface area contributed by atoms with Crippen molar-refractivity contribution in [1.82, 2.24) is 20.4 Å². The lowest BCUT2D eigenvalue weighted by Crippen LogP contribution is -2.45. The number of hydrogen-bond acceptors (Lipinski definition) is 10. The van der Waals surface area contributed by atoms with Crippen molar-refractivity contribution in [3.63, 3.8) is 0 Å². The molecule has 0 unspecified atom stereocenters. The standard InChI is InChI=1S/C28H22F4N6O4S/c1-27(2,13-33)18-8-17(10-35-11-18)19-9-16(21-22(39)20(34)12-43(40,41)25(21)36-23(19)29)7-14-3-5-15(6-4-14)24-37-26(42-38-24)28(30,31)32/h3-6,8-11,20,36H,7,12,34H2,1-2H3/t20-/m0/s1. The summed E-state index contributed by atoms with van der Waals surface area (Å²) in [6.45, 7) is 3.31. The van der Waals surface area contributed by atoms with E-state index >= 15 is 4.39 Å². The number of halogens is 4. The molecule has 0 saturated carbocycles. The Morgan fingerprint density at radius 2 is 1.86 bits per heavy atom. The van der Waals surface area contributed by atoms with Crippen molar-refractivity contribution in [2.45, 2.75) is 37.9 Å². The summed E-state index contributed by atoms with van der Waals surface area (Å²) >= 11 is 0. The van der Waals surface area contributed by atoms with Gasteiger partial charge in [0.15, 0.2) is 21.6 Å². The Morgan fingerprint density at radius 1 is 1.16 bits per heavy atom. The molecule has 0 radical (unpaired) electrons. The van der Waals surface area contributed by atoms with E-state index in [1.165, 1.54) is 42.7 Å². The average Bonchev–Trinajstić information content (AvgIpc) is 3.40. The SMILES string of the molecule is CC(C)(C#N)c1cncc(C2=C(F)NC3=C(C(=O)[C@@H](N)CS3(=O)=O)C(Cc3ccc(-c4noc(C(F)(F)F)n4)cc3)=C2)c1. The molecule has 2 aliphatic rings. The summed E-state index contributed by atoms with van der Waals surface area (Å²) in [7, 11) is -4.21. The highest BCUT2D eigenvalue weighted by Crippen LogP contribution is 2.36. The second-order valence-electron chi connectivity index (χ2n) is 10.5. The number of carbonyl (C=O) groups excluding carboxylic acids is 1. The molecule has 1 aromatic carbocycles. The molecule has 1 atom stereocenters. The molecule has 5 rings (SSSR count). The molecule has 2 aliphatic heterocycles. The Morgan fingerprint density at radius 3 is 2.49 bits per heavy atom. The van der Waals surface area contributed by atoms with Crippen LogP contribution >= 0.6 is 0 Å². The fraction of sp³-hybridized carbons (Fsp3) is 0.250. The monoisotopic (exact) mass is 614 g/mol. The van der Waals surface area contributed by atoms with Gasteiger partial charge in [-0.3, -0.25) is 9.78 Å². The lowest BCUT2D eigenvalue weighted by Gasteiger charge is -2.24. The van der Waals surface area contributed by atoms with Gasteiger partial charge in [-0.05, 0) is 49.1 Å². The first-order valence-corrected chi connectivity index (χ1v) is 14.3. The summed E-state index contributed by atoms with van der Waals surface area (Å²) in [6.07, 6.45) is -0.798. The first-order chi connectivity index (χ1) is 20.1. The van der Waals surface area contributed by atoms with Gasteiger partial charge in [0.1, 0.15) is 5.03 Å². The van der Waals surface area contributed by atoms with Crippen molar-refractivity contribution in [3.8, 4) is 17.5 Å². The zero-order valence-electron chi connectivity index (χ0n) is 22.5. The number of alkyl halides is 3. The van der Waals surface area contributed by atoms with E-state index in [1.807, 2.05) is 0 Å². The minimum absolute atomic E-state index is 0.0948. The quantitative estimate of drug-likeness (QED) is 0.318. The summed E-state index contributed by atoms with van der Waals surface area (Å²) in [5.41, 5.74) is 5.98. The zero-order chi connectivity index (χ0) is 31.3. The van der Waals surface area contributed by atoms with Crippen LogP contribution in [0.25, 0.3) is 17.0 Å². The van der Waals surface area contributed by atoms with Crippen LogP contribution in [0, 0.1) is 11.3 Å². The third-order valence-electron chi connectivity index (χ3n) is 6.95. The molecule has 4 heterocycles. The number of rotatable bonds is 5. The van der Waals surface area contributed by atoms with Gasteiger partial charge in [0.25, 0.3) is 0 Å². The van der Waals surface area contributed by atoms with E-state index in [1.54, 1.807) is 19.9 Å². The lowest BCUT2D eigenvalue weighted by molar-refractivity contribution is -0.159. The fourth-order valence-electron chi connectivity index (χ4n) is 4.56. The minimum atomic E-state index is -4.82. The first kappa shape index (κ1) is 29.8. The highest BCUT2D eigenvalue weighted by atomic mass is 32.2. The Bertz CT molecular complexity index is 1880. The Labute approximate surface area is 242 Å². The van der Waals surface area contributed by atoms with Crippen LogP contribution in [0.15, 0.2) is 75.5 Å². The number of Topliss-reactive ketones (excluding diaryl/α,β-unsaturated/α-hetero) is 1. The van der Waals surface area contributed by atoms with Crippen molar-refractivity contribution in [2.24, 2.45) is 5.73 Å². The van der Waals surface area contributed by atoms with Crippen LogP contribution in [-0.4, -0.2) is 41.1 Å². The van der Waals surface area contributed by atoms with Crippen molar-refractivity contribution >= 4 is 21.2 Å². The highest BCUT2D eigenvalue weighted by Gasteiger charge is 2.41. The minimum Gasteiger partial charge on any atom is -0.329 e. The van der Waals surface area contributed by atoms with Gasteiger partial charge < -0.3 is 15.6 Å². The number of aromatic nitrogens is 3. The molecule has 43 heavy (non-hydrogen) atoms. The summed E-state index contributed by atoms with van der Waals surface area (Å²) < 4.78 is 84.8. The van der Waals surface area contributed by atoms with Crippen LogP contribution < -0.4 is 11.1 Å². The number of nitrogens with zero attached hydrogens (tertiary/aromatic N) is 4. The predicted molar refractivity (Wildman–Crippen MR) is 144 cm³/mol. The molecule has 0 amide bonds. The molecule has 10 nitrogen and oxygen atoms in total. The van der Waals surface area contributed by atoms with Crippen LogP contribution in [0.2, 0.25) is 0 Å². The molecular weight excluding hydrogens is 592 g/mol. The smallest absolute Gasteiger partial charge is 0.329 e. The number of nitriles is 1. The Balaban J connectivity index is 1.60. The van der Waals surface area contributed by atoms with Gasteiger partial charge in [0.2, 0.25) is 5.82 Å². The zero-order valence-corrected chi connectivity index (χ0v) is 23.3. The number of allylic oxidation sites excluding steroid dienone is 3. The fourth-order valence-corrected chi connectivity index (χ4v) is 6.14. The normalized spacial score (nSPS) is 18.9. The molecule has 3 aromatic rings. The molecule has 0 saturated heterocycles. The lowest BCUT2D eigenvalue weighted by atomic mass is 9.86. The van der Waals surface area contributed by atoms with Crippen molar-refractivity contribution in [3.05, 3.63) is 93.5 Å². The first-order valence-electron chi connectivity index (χ1n) is 12.6. The van der Waals surface area contributed by atoms with E-state index in [4.69, 9.17) is 5.73 Å². The maximum atomic E-state index is 15.8. The molecular formula is C28H22F4N6O4S. The third kappa shape index (κ3) is 5.71. The number of ketones is 1. The van der Waals surface area contributed by atoms with Gasteiger partial charge in [0.05, 0.1) is 28.9 Å². The largest absolute Gasteiger partial charge is 0.471 e. The van der Waals surface area contributed by atoms with Gasteiger partial charge in [-0.25, -0.2) is 8.42 Å². The summed E-state index contributed by atoms with van der Waals surface area (Å²) in [5.74, 6) is -4.30. The molecule has 222 valence electrons. The van der Waals surface area contributed by atoms with Gasteiger partial charge in [0, 0.05) is 29.1 Å². The van der Waals surface area contributed by atoms with Gasteiger partial charge in [-0.1, -0.05) is 29.4 Å². The highest BCUT2D eigenvalue weighted by molar-refractivity contribution is 7.95. The van der Waals surface area contributed by atoms with Crippen molar-refractivity contribution < 1.29 is 35.3 Å². The third-order valence-corrected chi connectivity index (χ3v) is 8.67. The number of nitrogens with one attached hydrogen (secondary N) is 1. The van der Waals surface area contributed by atoms with Crippen molar-refractivity contribution in [2.75, 3.05) is 5.75 Å². The van der Waals surface area contributed by atoms with E-state index in [0.29, 0.717) is 11.1 Å². The van der Waals surface area contributed by atoms with E-state index in [0.717, 1.165) is 0 Å². The van der Waals surface area contributed by atoms with Crippen LogP contribution in [0.5, 0.6) is 0 Å². The number of nitrogens with two attached hydrogens (primary N) is 1. The molecule has 0 aliphatic carbocycles. The second-order valence-corrected chi connectivity index (χ2v) is 12.4. The Kier molecular flexibility index (Phi) is 7.31. The number of pyridine rings is 1. The summed E-state index contributed by atoms with van der Waals surface area (Å²) in [6, 6.07) is 8.17. The predicted octanol–water partition coefficient (Wildman–Crippen LogP) is 3.90. The van der Waals surface area contributed by atoms with Crippen LogP contribution in [0.1, 0.15) is 36.4 Å². The van der Waals surface area contributed by atoms with E-state index in [2.05, 4.69) is 31.0 Å². The molecule has 0 spiro atoms. The van der Waals surface area contributed by atoms with Gasteiger partial charge in [-0.2, -0.15) is 27.8 Å². The van der Waals surface area contributed by atoms with Crippen LogP contribution in [0.4, 0.5) is 17.6 Å². The maximum absolute atomic E-state index is 15.8. The molecule has 15 heteroatoms. The van der Waals surface area contributed by atoms with Gasteiger partial charge >= 0.3 is 12.1 Å². The topological polar surface area (TPSA) is 165 Å². The molecule has 0 fully saturated rings. The number of carbonyl (C=O) groups is 1.